The predicted molar refractivity (Wildman–Crippen MR) is 88.2 cm³/mol. The summed E-state index contributed by atoms with van der Waals surface area (Å²) in [6.07, 6.45) is 0.910. The molecule has 0 bridgehead atoms. The summed E-state index contributed by atoms with van der Waals surface area (Å²) in [7, 11) is -3.61. The number of carbonyl (C=O) groups is 1. The molecule has 1 atom stereocenters. The minimum Gasteiger partial charge on any atom is -0.325 e. The quantitative estimate of drug-likeness (QED) is 0.769. The number of hydrogen-bond acceptors (Lipinski definition) is 4. The van der Waals surface area contributed by atoms with Gasteiger partial charge in [-0.25, -0.2) is 12.8 Å². The molecule has 9 heteroatoms. The van der Waals surface area contributed by atoms with Crippen LogP contribution in [-0.2, 0) is 14.8 Å². The van der Waals surface area contributed by atoms with Gasteiger partial charge in [0.15, 0.2) is 0 Å². The number of amides is 1. The van der Waals surface area contributed by atoms with Gasteiger partial charge in [-0.05, 0) is 23.6 Å². The van der Waals surface area contributed by atoms with Crippen molar-refractivity contribution in [3.63, 3.8) is 0 Å². The number of carbonyl (C=O) groups excluding carboxylic acids is 1. The monoisotopic (exact) mass is 353 g/mol. The Morgan fingerprint density at radius 3 is 2.32 bits per heavy atom. The van der Waals surface area contributed by atoms with Gasteiger partial charge in [-0.15, -0.1) is 12.4 Å². The number of hydrogen-bond donors (Lipinski definition) is 3. The van der Waals surface area contributed by atoms with Crippen LogP contribution in [0.5, 0.6) is 0 Å². The molecule has 0 unspecified atom stereocenters. The molecule has 1 aromatic carbocycles. The average molecular weight is 354 g/mol. The van der Waals surface area contributed by atoms with Crippen molar-refractivity contribution in [1.82, 2.24) is 0 Å². The van der Waals surface area contributed by atoms with E-state index in [1.807, 2.05) is 25.5 Å². The van der Waals surface area contributed by atoms with Crippen molar-refractivity contribution in [3.05, 3.63) is 24.0 Å². The number of anilines is 2. The summed E-state index contributed by atoms with van der Waals surface area (Å²) in [5, 5.41) is 2.54. The molecule has 126 valence electrons. The molecule has 0 fully saturated rings. The Kier molecular flexibility index (Phi) is 6.80. The van der Waals surface area contributed by atoms with Crippen molar-refractivity contribution in [2.24, 2.45) is 11.1 Å². The average Bonchev–Trinajstić information content (AvgIpc) is 2.29. The van der Waals surface area contributed by atoms with Crippen LogP contribution in [0.15, 0.2) is 18.2 Å². The van der Waals surface area contributed by atoms with Crippen LogP contribution in [0.2, 0.25) is 0 Å². The second-order valence-electron chi connectivity index (χ2n) is 5.90. The van der Waals surface area contributed by atoms with Gasteiger partial charge in [0.25, 0.3) is 0 Å². The standard InChI is InChI=1S/C13H20FN3O3S.ClH/c1-13(2,3)11(15)12(18)16-8-5-6-9(14)10(7-8)17-21(4,19)20;/h5-7,11,17H,15H2,1-4H3,(H,16,18);1H/t11-;/m1./s1. The molecule has 0 aliphatic rings. The molecule has 0 aliphatic heterocycles. The van der Waals surface area contributed by atoms with Crippen molar-refractivity contribution in [3.8, 4) is 0 Å². The van der Waals surface area contributed by atoms with Gasteiger partial charge in [0.1, 0.15) is 5.82 Å². The SMILES string of the molecule is CC(C)(C)[C@H](N)C(=O)Nc1ccc(F)c(NS(C)(=O)=O)c1.Cl. The Morgan fingerprint density at radius 2 is 1.86 bits per heavy atom. The first-order chi connectivity index (χ1) is 9.40. The number of halogens is 2. The first-order valence-corrected chi connectivity index (χ1v) is 8.13. The molecule has 0 saturated carbocycles. The molecule has 22 heavy (non-hydrogen) atoms. The number of rotatable bonds is 4. The molecule has 0 saturated heterocycles. The summed E-state index contributed by atoms with van der Waals surface area (Å²) in [5.41, 5.74) is 5.40. The zero-order chi connectivity index (χ0) is 16.4. The van der Waals surface area contributed by atoms with Crippen LogP contribution in [-0.4, -0.2) is 26.6 Å². The molecule has 6 nitrogen and oxygen atoms in total. The molecule has 0 spiro atoms. The molecule has 0 heterocycles. The van der Waals surface area contributed by atoms with Gasteiger partial charge < -0.3 is 11.1 Å². The summed E-state index contributed by atoms with van der Waals surface area (Å²) in [6.45, 7) is 5.45. The van der Waals surface area contributed by atoms with Gasteiger partial charge in [0.2, 0.25) is 15.9 Å². The lowest BCUT2D eigenvalue weighted by Gasteiger charge is -2.25. The van der Waals surface area contributed by atoms with E-state index >= 15 is 0 Å². The fourth-order valence-corrected chi connectivity index (χ4v) is 2.05. The van der Waals surface area contributed by atoms with Crippen LogP contribution < -0.4 is 15.8 Å². The Hall–Kier alpha value is -1.38. The van der Waals surface area contributed by atoms with E-state index in [0.29, 0.717) is 0 Å². The first kappa shape index (κ1) is 20.6. The zero-order valence-electron chi connectivity index (χ0n) is 12.8. The third-order valence-corrected chi connectivity index (χ3v) is 3.34. The fourth-order valence-electron chi connectivity index (χ4n) is 1.49. The van der Waals surface area contributed by atoms with Gasteiger partial charge in [0.05, 0.1) is 18.0 Å². The van der Waals surface area contributed by atoms with Crippen LogP contribution in [0.4, 0.5) is 15.8 Å². The van der Waals surface area contributed by atoms with Crippen LogP contribution in [0.25, 0.3) is 0 Å². The van der Waals surface area contributed by atoms with E-state index in [1.165, 1.54) is 12.1 Å². The van der Waals surface area contributed by atoms with E-state index in [1.54, 1.807) is 0 Å². The highest BCUT2D eigenvalue weighted by molar-refractivity contribution is 7.92. The van der Waals surface area contributed by atoms with Crippen LogP contribution >= 0.6 is 12.4 Å². The maximum Gasteiger partial charge on any atom is 0.241 e. The largest absolute Gasteiger partial charge is 0.325 e. The smallest absolute Gasteiger partial charge is 0.241 e. The summed E-state index contributed by atoms with van der Waals surface area (Å²) in [4.78, 5) is 12.0. The van der Waals surface area contributed by atoms with Gasteiger partial charge >= 0.3 is 0 Å². The minimum atomic E-state index is -3.61. The number of nitrogens with two attached hydrogens (primary N) is 1. The van der Waals surface area contributed by atoms with Crippen LogP contribution in [0.3, 0.4) is 0 Å². The van der Waals surface area contributed by atoms with Gasteiger partial charge in [-0.1, -0.05) is 20.8 Å². The Morgan fingerprint density at radius 1 is 1.32 bits per heavy atom. The maximum absolute atomic E-state index is 13.5. The zero-order valence-corrected chi connectivity index (χ0v) is 14.4. The number of nitrogens with one attached hydrogen (secondary N) is 2. The molecule has 1 aromatic rings. The maximum atomic E-state index is 13.5. The normalized spacial score (nSPS) is 13.0. The summed E-state index contributed by atoms with van der Waals surface area (Å²) in [5.74, 6) is -1.17. The first-order valence-electron chi connectivity index (χ1n) is 6.24. The molecule has 0 aliphatic carbocycles. The fraction of sp³-hybridized carbons (Fsp3) is 0.462. The molecule has 1 rings (SSSR count). The van der Waals surface area contributed by atoms with Crippen molar-refractivity contribution in [1.29, 1.82) is 0 Å². The highest BCUT2D eigenvalue weighted by Gasteiger charge is 2.27. The molecule has 4 N–H and O–H groups in total. The molecule has 1 amide bonds. The number of sulfonamides is 1. The summed E-state index contributed by atoms with van der Waals surface area (Å²) in [6, 6.07) is 2.83. The minimum absolute atomic E-state index is 0. The lowest BCUT2D eigenvalue weighted by molar-refractivity contribution is -0.119. The third-order valence-electron chi connectivity index (χ3n) is 2.74. The van der Waals surface area contributed by atoms with E-state index in [9.17, 15) is 17.6 Å². The Bertz CT molecular complexity index is 644. The highest BCUT2D eigenvalue weighted by atomic mass is 35.5. The number of benzene rings is 1. The van der Waals surface area contributed by atoms with Crippen LogP contribution in [0.1, 0.15) is 20.8 Å². The molecular weight excluding hydrogens is 333 g/mol. The van der Waals surface area contributed by atoms with Crippen molar-refractivity contribution >= 4 is 39.7 Å². The van der Waals surface area contributed by atoms with Crippen molar-refractivity contribution in [2.45, 2.75) is 26.8 Å². The topological polar surface area (TPSA) is 101 Å². The van der Waals surface area contributed by atoms with E-state index in [0.717, 1.165) is 12.3 Å². The second-order valence-corrected chi connectivity index (χ2v) is 7.65. The van der Waals surface area contributed by atoms with Gasteiger partial charge in [-0.2, -0.15) is 0 Å². The summed E-state index contributed by atoms with van der Waals surface area (Å²) >= 11 is 0. The van der Waals surface area contributed by atoms with Crippen LogP contribution in [0, 0.1) is 11.2 Å². The van der Waals surface area contributed by atoms with Gasteiger partial charge in [-0.3, -0.25) is 9.52 Å². The highest BCUT2D eigenvalue weighted by Crippen LogP contribution is 2.22. The van der Waals surface area contributed by atoms with Gasteiger partial charge in [0, 0.05) is 5.69 Å². The third kappa shape index (κ3) is 6.17. The van der Waals surface area contributed by atoms with E-state index in [-0.39, 0.29) is 23.8 Å². The lowest BCUT2D eigenvalue weighted by Crippen LogP contribution is -2.45. The summed E-state index contributed by atoms with van der Waals surface area (Å²) < 4.78 is 37.8. The molecule has 0 aromatic heterocycles. The Balaban J connectivity index is 0.00000441. The second kappa shape index (κ2) is 7.26. The van der Waals surface area contributed by atoms with Crippen molar-refractivity contribution < 1.29 is 17.6 Å². The Labute approximate surface area is 136 Å². The molecule has 0 radical (unpaired) electrons. The predicted octanol–water partition coefficient (Wildman–Crippen LogP) is 1.93. The van der Waals surface area contributed by atoms with E-state index in [4.69, 9.17) is 5.73 Å². The lowest BCUT2D eigenvalue weighted by atomic mass is 9.87. The van der Waals surface area contributed by atoms with E-state index < -0.39 is 33.2 Å². The van der Waals surface area contributed by atoms with Crippen molar-refractivity contribution in [2.75, 3.05) is 16.3 Å². The van der Waals surface area contributed by atoms with E-state index in [2.05, 4.69) is 5.32 Å². The molecular formula is C13H21ClFN3O3S.